The molecule has 0 rings (SSSR count). The first-order chi connectivity index (χ1) is 19.5. The Balaban J connectivity index is 3.56. The molecule has 0 spiro atoms. The maximum atomic E-state index is 12.3. The molecule has 0 aromatic rings. The van der Waals surface area contributed by atoms with Crippen LogP contribution in [0.5, 0.6) is 0 Å². The maximum Gasteiger partial charge on any atom is 0.249 e. The average molecular weight is 572 g/mol. The molecular weight excluding hydrogens is 502 g/mol. The largest absolute Gasteiger partial charge is 0.394 e. The van der Waals surface area contributed by atoms with Crippen molar-refractivity contribution in [2.75, 3.05) is 6.61 Å². The zero-order valence-corrected chi connectivity index (χ0v) is 26.6. The molecule has 240 valence electrons. The number of aliphatic hydroxyl groups excluding tert-OH is 4. The van der Waals surface area contributed by atoms with Crippen molar-refractivity contribution in [2.24, 2.45) is 0 Å². The summed E-state index contributed by atoms with van der Waals surface area (Å²) in [4.78, 5) is 12.3. The molecule has 0 aliphatic carbocycles. The third-order valence-electron chi connectivity index (χ3n) is 8.32. The lowest BCUT2D eigenvalue weighted by Gasteiger charge is -2.27. The van der Waals surface area contributed by atoms with Gasteiger partial charge in [-0.25, -0.2) is 0 Å². The predicted octanol–water partition coefficient (Wildman–Crippen LogP) is 7.73. The van der Waals surface area contributed by atoms with Gasteiger partial charge in [0, 0.05) is 0 Å². The van der Waals surface area contributed by atoms with E-state index in [1.54, 1.807) is 0 Å². The molecule has 4 atom stereocenters. The van der Waals surface area contributed by atoms with Crippen LogP contribution < -0.4 is 5.32 Å². The Bertz CT molecular complexity index is 532. The van der Waals surface area contributed by atoms with Crippen LogP contribution >= 0.6 is 0 Å². The standard InChI is InChI=1S/C34H69NO5/c1-3-5-7-8-9-10-11-12-13-14-15-16-17-18-19-20-21-22-23-24-26-28-32(38)34(40)35-30(29-36)33(39)31(37)27-25-6-4-2/h30-33,36-39H,3-29H2,1-2H3,(H,35,40). The van der Waals surface area contributed by atoms with Crippen LogP contribution in [-0.2, 0) is 4.79 Å². The summed E-state index contributed by atoms with van der Waals surface area (Å²) in [5.74, 6) is -0.591. The topological polar surface area (TPSA) is 110 Å². The van der Waals surface area contributed by atoms with Crippen molar-refractivity contribution in [1.82, 2.24) is 5.32 Å². The highest BCUT2D eigenvalue weighted by molar-refractivity contribution is 5.80. The summed E-state index contributed by atoms with van der Waals surface area (Å²) in [7, 11) is 0. The van der Waals surface area contributed by atoms with Gasteiger partial charge in [-0.2, -0.15) is 0 Å². The normalized spacial score (nSPS) is 14.7. The highest BCUT2D eigenvalue weighted by Gasteiger charge is 2.28. The van der Waals surface area contributed by atoms with Gasteiger partial charge in [0.25, 0.3) is 0 Å². The van der Waals surface area contributed by atoms with E-state index in [9.17, 15) is 25.2 Å². The van der Waals surface area contributed by atoms with Gasteiger partial charge < -0.3 is 25.7 Å². The first kappa shape index (κ1) is 39.3. The summed E-state index contributed by atoms with van der Waals surface area (Å²) < 4.78 is 0. The molecule has 0 aromatic carbocycles. The lowest BCUT2D eigenvalue weighted by Crippen LogP contribution is -2.53. The maximum absolute atomic E-state index is 12.3. The third kappa shape index (κ3) is 24.0. The zero-order valence-electron chi connectivity index (χ0n) is 26.6. The van der Waals surface area contributed by atoms with Gasteiger partial charge in [-0.05, 0) is 12.8 Å². The number of hydrogen-bond acceptors (Lipinski definition) is 5. The van der Waals surface area contributed by atoms with Crippen LogP contribution in [0.1, 0.15) is 181 Å². The molecule has 0 heterocycles. The Morgan fingerprint density at radius 3 is 1.23 bits per heavy atom. The summed E-state index contributed by atoms with van der Waals surface area (Å²) >= 11 is 0. The van der Waals surface area contributed by atoms with Crippen LogP contribution in [0.3, 0.4) is 0 Å². The monoisotopic (exact) mass is 572 g/mol. The van der Waals surface area contributed by atoms with E-state index < -0.39 is 36.9 Å². The van der Waals surface area contributed by atoms with Crippen molar-refractivity contribution in [3.05, 3.63) is 0 Å². The van der Waals surface area contributed by atoms with Crippen molar-refractivity contribution < 1.29 is 25.2 Å². The number of hydrogen-bond donors (Lipinski definition) is 5. The van der Waals surface area contributed by atoms with Gasteiger partial charge in [-0.3, -0.25) is 4.79 Å². The second-order valence-corrected chi connectivity index (χ2v) is 12.2. The molecule has 40 heavy (non-hydrogen) atoms. The Labute approximate surface area is 248 Å². The van der Waals surface area contributed by atoms with Gasteiger partial charge in [-0.15, -0.1) is 0 Å². The minimum Gasteiger partial charge on any atom is -0.394 e. The van der Waals surface area contributed by atoms with Crippen LogP contribution in [0.15, 0.2) is 0 Å². The molecule has 0 aliphatic rings. The molecule has 0 fully saturated rings. The number of carbonyl (C=O) groups excluding carboxylic acids is 1. The summed E-state index contributed by atoms with van der Waals surface area (Å²) in [5, 5.41) is 42.6. The lowest BCUT2D eigenvalue weighted by atomic mass is 10.00. The van der Waals surface area contributed by atoms with Crippen LogP contribution in [0, 0.1) is 0 Å². The van der Waals surface area contributed by atoms with Crippen molar-refractivity contribution >= 4 is 5.91 Å². The minimum absolute atomic E-state index is 0.373. The Morgan fingerprint density at radius 1 is 0.525 bits per heavy atom. The molecule has 1 amide bonds. The van der Waals surface area contributed by atoms with Gasteiger partial charge >= 0.3 is 0 Å². The average Bonchev–Trinajstić information content (AvgIpc) is 2.96. The van der Waals surface area contributed by atoms with E-state index in [1.807, 2.05) is 0 Å². The highest BCUT2D eigenvalue weighted by atomic mass is 16.3. The molecule has 0 saturated heterocycles. The summed E-state index contributed by atoms with van der Waals surface area (Å²) in [6, 6.07) is -0.974. The molecule has 0 radical (unpaired) electrons. The van der Waals surface area contributed by atoms with Crippen molar-refractivity contribution in [2.45, 2.75) is 205 Å². The molecule has 0 aromatic heterocycles. The number of unbranched alkanes of at least 4 members (excludes halogenated alkanes) is 22. The van der Waals surface area contributed by atoms with E-state index in [0.29, 0.717) is 12.8 Å². The molecular formula is C34H69NO5. The smallest absolute Gasteiger partial charge is 0.249 e. The van der Waals surface area contributed by atoms with E-state index in [4.69, 9.17) is 0 Å². The highest BCUT2D eigenvalue weighted by Crippen LogP contribution is 2.16. The second-order valence-electron chi connectivity index (χ2n) is 12.2. The van der Waals surface area contributed by atoms with Crippen LogP contribution in [0.4, 0.5) is 0 Å². The predicted molar refractivity (Wildman–Crippen MR) is 168 cm³/mol. The fraction of sp³-hybridized carbons (Fsp3) is 0.971. The lowest BCUT2D eigenvalue weighted by molar-refractivity contribution is -0.132. The minimum atomic E-state index is -1.25. The van der Waals surface area contributed by atoms with E-state index in [-0.39, 0.29) is 0 Å². The number of nitrogens with one attached hydrogen (secondary N) is 1. The van der Waals surface area contributed by atoms with E-state index in [2.05, 4.69) is 19.2 Å². The fourth-order valence-electron chi connectivity index (χ4n) is 5.46. The summed E-state index contributed by atoms with van der Waals surface area (Å²) in [6.07, 6.45) is 27.9. The molecule has 5 N–H and O–H groups in total. The van der Waals surface area contributed by atoms with Crippen molar-refractivity contribution in [3.8, 4) is 0 Å². The summed E-state index contributed by atoms with van der Waals surface area (Å²) in [5.41, 5.74) is 0. The van der Waals surface area contributed by atoms with E-state index in [1.165, 1.54) is 116 Å². The fourth-order valence-corrected chi connectivity index (χ4v) is 5.46. The molecule has 0 bridgehead atoms. The van der Waals surface area contributed by atoms with E-state index in [0.717, 1.165) is 38.5 Å². The van der Waals surface area contributed by atoms with Gasteiger partial charge in [0.05, 0.1) is 18.8 Å². The first-order valence-corrected chi connectivity index (χ1v) is 17.4. The molecule has 6 heteroatoms. The molecule has 4 unspecified atom stereocenters. The van der Waals surface area contributed by atoms with Crippen molar-refractivity contribution in [3.63, 3.8) is 0 Å². The number of amides is 1. The van der Waals surface area contributed by atoms with Crippen molar-refractivity contribution in [1.29, 1.82) is 0 Å². The van der Waals surface area contributed by atoms with Crippen LogP contribution in [0.2, 0.25) is 0 Å². The Hall–Kier alpha value is -0.690. The summed E-state index contributed by atoms with van der Waals surface area (Å²) in [6.45, 7) is 3.86. The number of rotatable bonds is 31. The SMILES string of the molecule is CCCCCCCCCCCCCCCCCCCCCCCC(O)C(=O)NC(CO)C(O)C(O)CCCCC. The van der Waals surface area contributed by atoms with Gasteiger partial charge in [0.2, 0.25) is 5.91 Å². The van der Waals surface area contributed by atoms with Crippen LogP contribution in [-0.4, -0.2) is 57.3 Å². The second kappa shape index (κ2) is 29.8. The first-order valence-electron chi connectivity index (χ1n) is 17.4. The number of carbonyl (C=O) groups is 1. The van der Waals surface area contributed by atoms with Gasteiger partial charge in [0.15, 0.2) is 0 Å². The Morgan fingerprint density at radius 2 is 0.850 bits per heavy atom. The molecule has 0 saturated carbocycles. The molecule has 0 aliphatic heterocycles. The van der Waals surface area contributed by atoms with E-state index >= 15 is 0 Å². The van der Waals surface area contributed by atoms with Gasteiger partial charge in [-0.1, -0.05) is 168 Å². The Kier molecular flexibility index (Phi) is 29.3. The zero-order chi connectivity index (χ0) is 29.7. The molecule has 6 nitrogen and oxygen atoms in total. The number of aliphatic hydroxyl groups is 4. The van der Waals surface area contributed by atoms with Crippen LogP contribution in [0.25, 0.3) is 0 Å². The third-order valence-corrected chi connectivity index (χ3v) is 8.32. The quantitative estimate of drug-likeness (QED) is 0.0547. The van der Waals surface area contributed by atoms with Gasteiger partial charge in [0.1, 0.15) is 12.2 Å².